The summed E-state index contributed by atoms with van der Waals surface area (Å²) < 4.78 is 82.2. The number of hydrogen-bond acceptors (Lipinski definition) is 36. The highest BCUT2D eigenvalue weighted by molar-refractivity contribution is 5.97. The summed E-state index contributed by atoms with van der Waals surface area (Å²) in [5.74, 6) is -11.2. The van der Waals surface area contributed by atoms with E-state index < -0.39 is 206 Å². The van der Waals surface area contributed by atoms with Crippen molar-refractivity contribution in [1.29, 1.82) is 0 Å². The molecule has 5 saturated heterocycles. The van der Waals surface area contributed by atoms with Crippen molar-refractivity contribution in [2.75, 3.05) is 39.6 Å². The minimum atomic E-state index is -2.17. The van der Waals surface area contributed by atoms with Gasteiger partial charge in [0.25, 0.3) is 0 Å². The third-order valence-corrected chi connectivity index (χ3v) is 21.7. The predicted molar refractivity (Wildman–Crippen MR) is 476 cm³/mol. The van der Waals surface area contributed by atoms with Gasteiger partial charge in [0.2, 0.25) is 23.3 Å². The van der Waals surface area contributed by atoms with E-state index in [0.717, 1.165) is 6.92 Å². The van der Waals surface area contributed by atoms with E-state index >= 15 is 0 Å². The van der Waals surface area contributed by atoms with Gasteiger partial charge in [0, 0.05) is 0 Å². The molecule has 5 aliphatic heterocycles. The van der Waals surface area contributed by atoms with Crippen molar-refractivity contribution in [1.82, 2.24) is 0 Å². The number of esters is 12. The molecule has 36 nitrogen and oxygen atoms in total. The largest absolute Gasteiger partial charge is 0.459 e. The van der Waals surface area contributed by atoms with E-state index in [9.17, 15) is 72.9 Å². The zero-order valence-electron chi connectivity index (χ0n) is 73.2. The van der Waals surface area contributed by atoms with Crippen LogP contribution in [0, 0.1) is 0 Å². The Balaban J connectivity index is 0.000000190. The topological polar surface area (TPSA) is 525 Å². The van der Waals surface area contributed by atoms with Crippen molar-refractivity contribution in [3.8, 4) is 0 Å². The third kappa shape index (κ3) is 26.3. The lowest BCUT2D eigenvalue weighted by molar-refractivity contribution is -0.331. The Bertz CT molecular complexity index is 5680. The van der Waals surface area contributed by atoms with Crippen LogP contribution in [0.15, 0.2) is 303 Å². The van der Waals surface area contributed by atoms with E-state index in [0.29, 0.717) is 16.7 Å². The van der Waals surface area contributed by atoms with Crippen LogP contribution in [-0.4, -0.2) is 265 Å². The average molecular weight is 1890 g/mol. The quantitative estimate of drug-likeness (QED) is 0.0195. The highest BCUT2D eigenvalue weighted by Crippen LogP contribution is 2.42. The van der Waals surface area contributed by atoms with Gasteiger partial charge in [0.05, 0.1) is 75.5 Å². The lowest BCUT2D eigenvalue weighted by Gasteiger charge is -2.40. The lowest BCUT2D eigenvalue weighted by atomic mass is 9.96. The number of aliphatic hydroxyl groups is 9. The molecule has 10 aromatic carbocycles. The van der Waals surface area contributed by atoms with E-state index in [1.165, 1.54) is 45.0 Å². The van der Waals surface area contributed by atoms with Crippen molar-refractivity contribution in [3.05, 3.63) is 359 Å². The molecule has 15 rings (SSSR count). The van der Waals surface area contributed by atoms with Crippen LogP contribution in [0.4, 0.5) is 0 Å². The molecule has 18 atom stereocenters. The molecule has 137 heavy (non-hydrogen) atoms. The fourth-order valence-corrected chi connectivity index (χ4v) is 13.9. The van der Waals surface area contributed by atoms with Crippen LogP contribution in [0.25, 0.3) is 0 Å². The van der Waals surface area contributed by atoms with Gasteiger partial charge in [-0.15, -0.1) is 0 Å². The van der Waals surface area contributed by atoms with E-state index in [-0.39, 0.29) is 59.6 Å². The first-order valence-electron chi connectivity index (χ1n) is 42.1. The summed E-state index contributed by atoms with van der Waals surface area (Å²) in [6, 6.07) is 82.0. The van der Waals surface area contributed by atoms with Gasteiger partial charge in [-0.3, -0.25) is 0 Å². The van der Waals surface area contributed by atoms with E-state index in [2.05, 4.69) is 9.47 Å². The van der Waals surface area contributed by atoms with Crippen LogP contribution in [-0.2, 0) is 80.6 Å². The number of carbonyl (C=O) groups excluding carboxylic acids is 12. The SMILES string of the molecule is C.C[C@]1(O)C(=O)O[C@H](CO)[C@H]1O.C[C@]1(OC(=O)c2ccccc2)C(=O)O[C@H](COC(=O)c2ccccc2)[C@H]1OC(=O)c1ccccc1.C[C@]1(OC(=O)c2ccccc2)C(O)O[C@H](COC(=O)c2ccccc2)[C@H]1OC(=O)c1ccccc1.C[C@]1(OC(=O)c2ccccc2)C(OC(=O)c2ccccc2)O[C@H](COC(=O)c2ccccc2)[C@H]1OC(=O)c1ccccc1.OCC1(O)OC[C@@H](O)[C@@H](O)[C@@H]1O. The van der Waals surface area contributed by atoms with Gasteiger partial charge < -0.3 is 117 Å². The highest BCUT2D eigenvalue weighted by Gasteiger charge is 2.64. The lowest BCUT2D eigenvalue weighted by Crippen LogP contribution is -2.62. The summed E-state index contributed by atoms with van der Waals surface area (Å²) in [5.41, 5.74) is -4.98. The molecule has 0 spiro atoms. The number of carbonyl (C=O) groups is 12. The molecule has 720 valence electrons. The maximum Gasteiger partial charge on any atom is 0.355 e. The molecule has 5 fully saturated rings. The number of aliphatic hydroxyl groups excluding tert-OH is 7. The summed E-state index contributed by atoms with van der Waals surface area (Å²) in [4.78, 5) is 152. The number of rotatable bonds is 25. The van der Waals surface area contributed by atoms with Gasteiger partial charge in [-0.05, 0) is 149 Å². The van der Waals surface area contributed by atoms with Crippen molar-refractivity contribution >= 4 is 71.6 Å². The molecule has 0 aliphatic carbocycles. The Morgan fingerprint density at radius 3 is 0.920 bits per heavy atom. The van der Waals surface area contributed by atoms with E-state index in [1.807, 2.05) is 0 Å². The van der Waals surface area contributed by atoms with Gasteiger partial charge in [-0.2, -0.15) is 0 Å². The maximum absolute atomic E-state index is 13.3. The van der Waals surface area contributed by atoms with Crippen LogP contribution < -0.4 is 0 Å². The second-order valence-electron chi connectivity index (χ2n) is 31.5. The normalized spacial score (nSPS) is 25.7. The van der Waals surface area contributed by atoms with E-state index in [4.69, 9.17) is 92.2 Å². The molecule has 0 saturated carbocycles. The molecule has 0 amide bonds. The van der Waals surface area contributed by atoms with Crippen LogP contribution in [0.3, 0.4) is 0 Å². The molecule has 3 unspecified atom stereocenters. The van der Waals surface area contributed by atoms with Gasteiger partial charge in [0.15, 0.2) is 48.0 Å². The monoisotopic (exact) mass is 1890 g/mol. The number of ether oxygens (including phenoxy) is 15. The maximum atomic E-state index is 13.3. The zero-order chi connectivity index (χ0) is 97.9. The van der Waals surface area contributed by atoms with Gasteiger partial charge in [-0.25, -0.2) is 57.5 Å². The Morgan fingerprint density at radius 2 is 0.606 bits per heavy atom. The third-order valence-electron chi connectivity index (χ3n) is 21.7. The molecule has 0 bridgehead atoms. The molecule has 5 aliphatic rings. The zero-order valence-corrected chi connectivity index (χ0v) is 73.2. The predicted octanol–water partition coefficient (Wildman–Crippen LogP) is 7.71. The van der Waals surface area contributed by atoms with Crippen molar-refractivity contribution < 1.29 is 175 Å². The Morgan fingerprint density at radius 1 is 0.328 bits per heavy atom. The minimum absolute atomic E-state index is 0. The first kappa shape index (κ1) is 104. The van der Waals surface area contributed by atoms with E-state index in [1.54, 1.807) is 279 Å². The fourth-order valence-electron chi connectivity index (χ4n) is 13.9. The molecule has 0 radical (unpaired) electrons. The minimum Gasteiger partial charge on any atom is -0.459 e. The first-order valence-corrected chi connectivity index (χ1v) is 42.1. The Labute approximate surface area is 784 Å². The summed E-state index contributed by atoms with van der Waals surface area (Å²) in [5, 5.41) is 82.6. The van der Waals surface area contributed by atoms with Crippen LogP contribution in [0.5, 0.6) is 0 Å². The standard InChI is InChI=1S/C34H28O9.C27H24O8.C27H22O8.C6H12O6.C6H10O5.CH4/c1-34(43-32(38)26-20-12-5-13-21-26)28(41-30(36)24-16-8-3-9-17-24)27(22-39-29(35)23-14-6-2-7-15-23)40-33(34)42-31(37)25-18-10-4-11-19-25;2*1-27(35-25(30)20-15-9-4-10-16-20)22(34-24(29)19-13-7-3-8-14-19)21(33-26(27)31)17-32-23(28)18-11-5-2-6-12-18;7-2-6(11)5(10)4(9)3(8)1-12-6;1-6(10)4(8)3(2-7)11-5(6)9;/h2-21,27-28,33H,22H2,1H3;2-16,21-22,26,31H,17H2,1H3;2-16,21-22H,17H2,1H3;3-5,7-11H,1-2H2;3-4,7-8,10H,2H2,1H3;1H4/t27-,28-,33?,34-;21-,22-,26?,27-;21-,22-,27-;3-,4-,5+,6?;3-,4-,6-;/m11111./s1. The fraction of sp³-hybridized carbons (Fsp3) is 0.287. The Kier molecular flexibility index (Phi) is 36.6. The molecular formula is C101H100O36. The summed E-state index contributed by atoms with van der Waals surface area (Å²) in [6.45, 7) is 2.49. The second kappa shape index (κ2) is 48.0. The molecule has 0 aromatic heterocycles. The highest BCUT2D eigenvalue weighted by atomic mass is 16.8. The average Bonchev–Trinajstić information content (AvgIpc) is 1.59. The van der Waals surface area contributed by atoms with Crippen molar-refractivity contribution in [3.63, 3.8) is 0 Å². The molecule has 5 heterocycles. The van der Waals surface area contributed by atoms with Crippen LogP contribution >= 0.6 is 0 Å². The Hall–Kier alpha value is -14.6. The number of benzene rings is 10. The molecule has 10 aromatic rings. The second-order valence-corrected chi connectivity index (χ2v) is 31.5. The first-order chi connectivity index (χ1) is 65.1. The molecule has 9 N–H and O–H groups in total. The van der Waals surface area contributed by atoms with Gasteiger partial charge in [-0.1, -0.05) is 189 Å². The number of cyclic esters (lactones) is 2. The summed E-state index contributed by atoms with van der Waals surface area (Å²) >= 11 is 0. The van der Waals surface area contributed by atoms with Crippen LogP contribution in [0.2, 0.25) is 0 Å². The van der Waals surface area contributed by atoms with Crippen LogP contribution in [0.1, 0.15) is 139 Å². The summed E-state index contributed by atoms with van der Waals surface area (Å²) in [6.07, 6.45) is -17.5. The molecular weight excluding hydrogens is 1790 g/mol. The van der Waals surface area contributed by atoms with Gasteiger partial charge in [0.1, 0.15) is 56.4 Å². The smallest absolute Gasteiger partial charge is 0.355 e. The van der Waals surface area contributed by atoms with Crippen molar-refractivity contribution in [2.24, 2.45) is 0 Å². The summed E-state index contributed by atoms with van der Waals surface area (Å²) in [7, 11) is 0. The molecule has 36 heteroatoms. The van der Waals surface area contributed by atoms with Gasteiger partial charge >= 0.3 is 71.6 Å². The number of hydrogen-bond donors (Lipinski definition) is 9. The van der Waals surface area contributed by atoms with Crippen molar-refractivity contribution in [2.45, 2.75) is 143 Å².